The third-order valence-corrected chi connectivity index (χ3v) is 2.23. The SMILES string of the molecule is Cc1cn(-c2ccc(Br)cc2)nn1. The maximum atomic E-state index is 3.97. The maximum absolute atomic E-state index is 3.97. The highest BCUT2D eigenvalue weighted by Gasteiger charge is 1.97. The van der Waals surface area contributed by atoms with Crippen molar-refractivity contribution in [3.05, 3.63) is 40.6 Å². The van der Waals surface area contributed by atoms with E-state index in [2.05, 4.69) is 26.2 Å². The number of nitrogens with zero attached hydrogens (tertiary/aromatic N) is 3. The van der Waals surface area contributed by atoms with Gasteiger partial charge in [0.1, 0.15) is 0 Å². The topological polar surface area (TPSA) is 30.7 Å². The van der Waals surface area contributed by atoms with Gasteiger partial charge in [-0.1, -0.05) is 21.1 Å². The summed E-state index contributed by atoms with van der Waals surface area (Å²) in [5.41, 5.74) is 1.94. The zero-order chi connectivity index (χ0) is 9.26. The summed E-state index contributed by atoms with van der Waals surface area (Å²) in [5.74, 6) is 0. The van der Waals surface area contributed by atoms with E-state index in [1.165, 1.54) is 0 Å². The van der Waals surface area contributed by atoms with E-state index in [1.807, 2.05) is 37.4 Å². The quantitative estimate of drug-likeness (QED) is 0.763. The highest BCUT2D eigenvalue weighted by molar-refractivity contribution is 9.10. The van der Waals surface area contributed by atoms with Gasteiger partial charge in [-0.25, -0.2) is 4.68 Å². The third kappa shape index (κ3) is 1.78. The van der Waals surface area contributed by atoms with Crippen molar-refractivity contribution in [3.8, 4) is 5.69 Å². The monoisotopic (exact) mass is 237 g/mol. The number of benzene rings is 1. The summed E-state index contributed by atoms with van der Waals surface area (Å²) in [7, 11) is 0. The molecule has 13 heavy (non-hydrogen) atoms. The Morgan fingerprint density at radius 2 is 1.92 bits per heavy atom. The second-order valence-electron chi connectivity index (χ2n) is 2.78. The van der Waals surface area contributed by atoms with Gasteiger partial charge in [0.2, 0.25) is 0 Å². The van der Waals surface area contributed by atoms with E-state index in [-0.39, 0.29) is 0 Å². The molecule has 0 N–H and O–H groups in total. The van der Waals surface area contributed by atoms with Crippen LogP contribution in [0.3, 0.4) is 0 Å². The van der Waals surface area contributed by atoms with Crippen LogP contribution in [0.2, 0.25) is 0 Å². The molecule has 0 amide bonds. The molecule has 0 saturated carbocycles. The van der Waals surface area contributed by atoms with E-state index in [0.29, 0.717) is 0 Å². The van der Waals surface area contributed by atoms with E-state index < -0.39 is 0 Å². The predicted molar refractivity (Wildman–Crippen MR) is 53.8 cm³/mol. The first-order chi connectivity index (χ1) is 6.25. The molecule has 0 aliphatic rings. The van der Waals surface area contributed by atoms with Crippen molar-refractivity contribution in [1.29, 1.82) is 0 Å². The van der Waals surface area contributed by atoms with Gasteiger partial charge in [0.15, 0.2) is 0 Å². The Bertz CT molecular complexity index is 405. The van der Waals surface area contributed by atoms with Crippen molar-refractivity contribution in [3.63, 3.8) is 0 Å². The van der Waals surface area contributed by atoms with Gasteiger partial charge in [-0.3, -0.25) is 0 Å². The van der Waals surface area contributed by atoms with E-state index >= 15 is 0 Å². The number of aryl methyl sites for hydroxylation is 1. The molecule has 2 rings (SSSR count). The number of hydrogen-bond acceptors (Lipinski definition) is 2. The molecule has 1 aromatic heterocycles. The van der Waals surface area contributed by atoms with Gasteiger partial charge >= 0.3 is 0 Å². The minimum absolute atomic E-state index is 0.919. The zero-order valence-electron chi connectivity index (χ0n) is 7.11. The molecule has 66 valence electrons. The van der Waals surface area contributed by atoms with Gasteiger partial charge in [-0.2, -0.15) is 0 Å². The summed E-state index contributed by atoms with van der Waals surface area (Å²) in [6.45, 7) is 1.92. The van der Waals surface area contributed by atoms with E-state index in [4.69, 9.17) is 0 Å². The number of rotatable bonds is 1. The summed E-state index contributed by atoms with van der Waals surface area (Å²) in [6.07, 6.45) is 1.89. The molecule has 0 aliphatic carbocycles. The zero-order valence-corrected chi connectivity index (χ0v) is 8.69. The van der Waals surface area contributed by atoms with Gasteiger partial charge in [0.25, 0.3) is 0 Å². The first-order valence-corrected chi connectivity index (χ1v) is 4.70. The van der Waals surface area contributed by atoms with Gasteiger partial charge < -0.3 is 0 Å². The molecule has 3 nitrogen and oxygen atoms in total. The molecule has 2 aromatic rings. The normalized spacial score (nSPS) is 10.3. The molecule has 4 heteroatoms. The minimum atomic E-state index is 0.919. The van der Waals surface area contributed by atoms with Gasteiger partial charge in [-0.15, -0.1) is 5.10 Å². The Labute approximate surface area is 84.5 Å². The van der Waals surface area contributed by atoms with Crippen LogP contribution in [-0.2, 0) is 0 Å². The van der Waals surface area contributed by atoms with Gasteiger partial charge in [-0.05, 0) is 31.2 Å². The first kappa shape index (κ1) is 8.44. The van der Waals surface area contributed by atoms with Gasteiger partial charge in [0.05, 0.1) is 17.6 Å². The Balaban J connectivity index is 2.41. The highest BCUT2D eigenvalue weighted by atomic mass is 79.9. The largest absolute Gasteiger partial charge is 0.220 e. The lowest BCUT2D eigenvalue weighted by molar-refractivity contribution is 0.801. The van der Waals surface area contributed by atoms with Crippen molar-refractivity contribution >= 4 is 15.9 Å². The minimum Gasteiger partial charge on any atom is -0.220 e. The summed E-state index contributed by atoms with van der Waals surface area (Å²) >= 11 is 3.38. The van der Waals surface area contributed by atoms with Crippen molar-refractivity contribution in [2.45, 2.75) is 6.92 Å². The second kappa shape index (κ2) is 3.30. The van der Waals surface area contributed by atoms with E-state index in [0.717, 1.165) is 15.9 Å². The standard InChI is InChI=1S/C9H8BrN3/c1-7-6-13(12-11-7)9-4-2-8(10)3-5-9/h2-6H,1H3. The van der Waals surface area contributed by atoms with Crippen molar-refractivity contribution < 1.29 is 0 Å². The summed E-state index contributed by atoms with van der Waals surface area (Å²) < 4.78 is 2.81. The van der Waals surface area contributed by atoms with Crippen LogP contribution in [0.4, 0.5) is 0 Å². The lowest BCUT2D eigenvalue weighted by Gasteiger charge is -1.98. The summed E-state index contributed by atoms with van der Waals surface area (Å²) in [4.78, 5) is 0. The maximum Gasteiger partial charge on any atom is 0.0800 e. The second-order valence-corrected chi connectivity index (χ2v) is 3.70. The van der Waals surface area contributed by atoms with Crippen LogP contribution in [0.1, 0.15) is 5.69 Å². The van der Waals surface area contributed by atoms with Crippen LogP contribution in [-0.4, -0.2) is 15.0 Å². The Kier molecular flexibility index (Phi) is 2.14. The van der Waals surface area contributed by atoms with E-state index in [1.54, 1.807) is 4.68 Å². The Morgan fingerprint density at radius 3 is 2.46 bits per heavy atom. The van der Waals surface area contributed by atoms with Gasteiger partial charge in [0, 0.05) is 4.47 Å². The van der Waals surface area contributed by atoms with Crippen LogP contribution in [0.5, 0.6) is 0 Å². The number of hydrogen-bond donors (Lipinski definition) is 0. The average Bonchev–Trinajstić information content (AvgIpc) is 2.53. The van der Waals surface area contributed by atoms with Crippen LogP contribution >= 0.6 is 15.9 Å². The molecule has 0 fully saturated rings. The third-order valence-electron chi connectivity index (χ3n) is 1.70. The van der Waals surface area contributed by atoms with Crippen LogP contribution < -0.4 is 0 Å². The van der Waals surface area contributed by atoms with Crippen molar-refractivity contribution in [2.24, 2.45) is 0 Å². The van der Waals surface area contributed by atoms with Crippen molar-refractivity contribution in [2.75, 3.05) is 0 Å². The molecule has 0 saturated heterocycles. The molecule has 0 radical (unpaired) electrons. The molecule has 0 atom stereocenters. The van der Waals surface area contributed by atoms with E-state index in [9.17, 15) is 0 Å². The lowest BCUT2D eigenvalue weighted by Crippen LogP contribution is -1.93. The van der Waals surface area contributed by atoms with Crippen molar-refractivity contribution in [1.82, 2.24) is 15.0 Å². The molecule has 0 bridgehead atoms. The molecule has 0 spiro atoms. The number of halogens is 1. The first-order valence-electron chi connectivity index (χ1n) is 3.90. The van der Waals surface area contributed by atoms with Crippen LogP contribution in [0.15, 0.2) is 34.9 Å². The molecule has 1 aromatic carbocycles. The fourth-order valence-corrected chi connectivity index (χ4v) is 1.33. The highest BCUT2D eigenvalue weighted by Crippen LogP contribution is 2.12. The average molecular weight is 238 g/mol. The number of aromatic nitrogens is 3. The molecular weight excluding hydrogens is 230 g/mol. The lowest BCUT2D eigenvalue weighted by atomic mass is 10.3. The fourth-order valence-electron chi connectivity index (χ4n) is 1.07. The Morgan fingerprint density at radius 1 is 1.23 bits per heavy atom. The Hall–Kier alpha value is -1.16. The molecule has 0 aliphatic heterocycles. The van der Waals surface area contributed by atoms with Crippen LogP contribution in [0.25, 0.3) is 5.69 Å². The predicted octanol–water partition coefficient (Wildman–Crippen LogP) is 2.34. The molecule has 1 heterocycles. The smallest absolute Gasteiger partial charge is 0.0800 e. The molecule has 0 unspecified atom stereocenters. The fraction of sp³-hybridized carbons (Fsp3) is 0.111. The summed E-state index contributed by atoms with van der Waals surface area (Å²) in [5, 5.41) is 7.88. The summed E-state index contributed by atoms with van der Waals surface area (Å²) in [6, 6.07) is 7.93. The molecular formula is C9H8BrN3. The van der Waals surface area contributed by atoms with Crippen LogP contribution in [0, 0.1) is 6.92 Å².